The first-order chi connectivity index (χ1) is 9.70. The normalized spacial score (nSPS) is 14.2. The summed E-state index contributed by atoms with van der Waals surface area (Å²) in [5.74, 6) is 1.20. The molecule has 0 aliphatic carbocycles. The second-order valence-corrected chi connectivity index (χ2v) is 5.89. The average molecular weight is 378 g/mol. The van der Waals surface area contributed by atoms with Crippen LogP contribution in [0.4, 0.5) is 0 Å². The Hall–Kier alpha value is -0.780. The van der Waals surface area contributed by atoms with Gasteiger partial charge in [-0.3, -0.25) is 4.79 Å². The number of nitrogens with one attached hydrogen (secondary N) is 1. The van der Waals surface area contributed by atoms with Gasteiger partial charge in [0, 0.05) is 36.1 Å². The van der Waals surface area contributed by atoms with E-state index in [-0.39, 0.29) is 12.4 Å². The van der Waals surface area contributed by atoms with Crippen molar-refractivity contribution in [2.45, 2.75) is 25.8 Å². The van der Waals surface area contributed by atoms with Crippen LogP contribution in [0.2, 0.25) is 0 Å². The number of ether oxygens (including phenoxy) is 1. The van der Waals surface area contributed by atoms with E-state index in [2.05, 4.69) is 27.3 Å². The summed E-state index contributed by atoms with van der Waals surface area (Å²) in [4.78, 5) is 13.4. The highest BCUT2D eigenvalue weighted by Gasteiger charge is 2.18. The molecule has 4 nitrogen and oxygen atoms in total. The quantitative estimate of drug-likeness (QED) is 0.743. The van der Waals surface area contributed by atoms with Crippen LogP contribution in [-0.2, 0) is 11.3 Å². The number of amides is 1. The van der Waals surface area contributed by atoms with Crippen LogP contribution in [0.3, 0.4) is 0 Å². The fraction of sp³-hybridized carbons (Fsp3) is 0.533. The van der Waals surface area contributed by atoms with E-state index in [4.69, 9.17) is 4.74 Å². The van der Waals surface area contributed by atoms with E-state index in [0.29, 0.717) is 5.91 Å². The second-order valence-electron chi connectivity index (χ2n) is 4.97. The molecule has 0 bridgehead atoms. The SMILES string of the molecule is COc1ccc(Br)cc1CNCCCN1CCCC1=O.Cl. The number of nitrogens with zero attached hydrogens (tertiary/aromatic N) is 1. The molecule has 1 fully saturated rings. The third-order valence-electron chi connectivity index (χ3n) is 3.51. The summed E-state index contributed by atoms with van der Waals surface area (Å²) >= 11 is 3.47. The van der Waals surface area contributed by atoms with Crippen molar-refractivity contribution in [1.29, 1.82) is 0 Å². The molecule has 1 heterocycles. The van der Waals surface area contributed by atoms with E-state index in [0.717, 1.165) is 61.2 Å². The van der Waals surface area contributed by atoms with Crippen molar-refractivity contribution in [2.75, 3.05) is 26.7 Å². The van der Waals surface area contributed by atoms with Crippen LogP contribution in [0.1, 0.15) is 24.8 Å². The van der Waals surface area contributed by atoms with Crippen molar-refractivity contribution in [3.8, 4) is 5.75 Å². The molecular formula is C15H22BrClN2O2. The summed E-state index contributed by atoms with van der Waals surface area (Å²) in [5.41, 5.74) is 1.14. The summed E-state index contributed by atoms with van der Waals surface area (Å²) in [6.07, 6.45) is 2.73. The number of hydrogen-bond donors (Lipinski definition) is 1. The van der Waals surface area contributed by atoms with Gasteiger partial charge in [-0.25, -0.2) is 0 Å². The Bertz CT molecular complexity index is 471. The largest absolute Gasteiger partial charge is 0.496 e. The molecule has 1 amide bonds. The summed E-state index contributed by atoms with van der Waals surface area (Å²) < 4.78 is 6.39. The van der Waals surface area contributed by atoms with Gasteiger partial charge in [-0.15, -0.1) is 12.4 Å². The van der Waals surface area contributed by atoms with E-state index in [1.165, 1.54) is 0 Å². The van der Waals surface area contributed by atoms with E-state index in [1.807, 2.05) is 17.0 Å². The molecule has 6 heteroatoms. The fourth-order valence-corrected chi connectivity index (χ4v) is 2.85. The van der Waals surface area contributed by atoms with Crippen molar-refractivity contribution in [1.82, 2.24) is 10.2 Å². The fourth-order valence-electron chi connectivity index (χ4n) is 2.44. The molecule has 0 aromatic heterocycles. The average Bonchev–Trinajstić information content (AvgIpc) is 2.84. The maximum absolute atomic E-state index is 11.5. The number of methoxy groups -OCH3 is 1. The van der Waals surface area contributed by atoms with E-state index < -0.39 is 0 Å². The summed E-state index contributed by atoms with van der Waals surface area (Å²) in [5, 5.41) is 3.40. The van der Waals surface area contributed by atoms with Gasteiger partial charge >= 0.3 is 0 Å². The lowest BCUT2D eigenvalue weighted by atomic mass is 10.2. The zero-order chi connectivity index (χ0) is 14.4. The smallest absolute Gasteiger partial charge is 0.222 e. The Morgan fingerprint density at radius 2 is 2.24 bits per heavy atom. The maximum atomic E-state index is 11.5. The number of carbonyl (C=O) groups excluding carboxylic acids is 1. The minimum Gasteiger partial charge on any atom is -0.496 e. The molecule has 0 unspecified atom stereocenters. The van der Waals surface area contributed by atoms with Crippen molar-refractivity contribution in [3.05, 3.63) is 28.2 Å². The van der Waals surface area contributed by atoms with Crippen molar-refractivity contribution >= 4 is 34.2 Å². The van der Waals surface area contributed by atoms with Gasteiger partial charge in [0.05, 0.1) is 7.11 Å². The molecule has 0 radical (unpaired) electrons. The molecular weight excluding hydrogens is 356 g/mol. The van der Waals surface area contributed by atoms with Crippen molar-refractivity contribution < 1.29 is 9.53 Å². The number of rotatable bonds is 7. The van der Waals surface area contributed by atoms with Crippen LogP contribution < -0.4 is 10.1 Å². The molecule has 1 saturated heterocycles. The number of benzene rings is 1. The van der Waals surface area contributed by atoms with Crippen LogP contribution in [0.25, 0.3) is 0 Å². The Morgan fingerprint density at radius 1 is 1.43 bits per heavy atom. The third-order valence-corrected chi connectivity index (χ3v) is 4.00. The molecule has 21 heavy (non-hydrogen) atoms. The molecule has 0 saturated carbocycles. The van der Waals surface area contributed by atoms with Gasteiger partial charge < -0.3 is 15.0 Å². The minimum absolute atomic E-state index is 0. The lowest BCUT2D eigenvalue weighted by Gasteiger charge is -2.15. The van der Waals surface area contributed by atoms with Gasteiger partial charge in [-0.2, -0.15) is 0 Å². The molecule has 1 aromatic carbocycles. The van der Waals surface area contributed by atoms with Crippen LogP contribution in [0.15, 0.2) is 22.7 Å². The van der Waals surface area contributed by atoms with E-state index in [1.54, 1.807) is 7.11 Å². The van der Waals surface area contributed by atoms with E-state index >= 15 is 0 Å². The number of halogens is 2. The van der Waals surface area contributed by atoms with Gasteiger partial charge in [-0.05, 0) is 37.6 Å². The van der Waals surface area contributed by atoms with Crippen molar-refractivity contribution in [3.63, 3.8) is 0 Å². The minimum atomic E-state index is 0. The first kappa shape index (κ1) is 18.3. The van der Waals surface area contributed by atoms with Crippen LogP contribution in [-0.4, -0.2) is 37.6 Å². The number of likely N-dealkylation sites (tertiary alicyclic amines) is 1. The molecule has 2 rings (SSSR count). The Morgan fingerprint density at radius 3 is 2.90 bits per heavy atom. The topological polar surface area (TPSA) is 41.6 Å². The summed E-state index contributed by atoms with van der Waals surface area (Å²) in [7, 11) is 1.69. The Balaban J connectivity index is 0.00000220. The van der Waals surface area contributed by atoms with Crippen LogP contribution >= 0.6 is 28.3 Å². The first-order valence-electron chi connectivity index (χ1n) is 7.01. The highest BCUT2D eigenvalue weighted by molar-refractivity contribution is 9.10. The third kappa shape index (κ3) is 5.49. The van der Waals surface area contributed by atoms with Gasteiger partial charge in [0.1, 0.15) is 5.75 Å². The van der Waals surface area contributed by atoms with Crippen LogP contribution in [0.5, 0.6) is 5.75 Å². The highest BCUT2D eigenvalue weighted by atomic mass is 79.9. The molecule has 1 N–H and O–H groups in total. The lowest BCUT2D eigenvalue weighted by molar-refractivity contribution is -0.127. The lowest BCUT2D eigenvalue weighted by Crippen LogP contribution is -2.28. The monoisotopic (exact) mass is 376 g/mol. The molecule has 118 valence electrons. The molecule has 0 spiro atoms. The summed E-state index contributed by atoms with van der Waals surface area (Å²) in [6.45, 7) is 3.47. The Kier molecular flexibility index (Phi) is 8.07. The van der Waals surface area contributed by atoms with Crippen molar-refractivity contribution in [2.24, 2.45) is 0 Å². The molecule has 1 aromatic rings. The highest BCUT2D eigenvalue weighted by Crippen LogP contribution is 2.22. The molecule has 1 aliphatic heterocycles. The standard InChI is InChI=1S/C15H21BrN2O2.ClH/c1-20-14-6-5-13(16)10-12(14)11-17-7-3-9-18-8-2-4-15(18)19;/h5-6,10,17H,2-4,7-9,11H2,1H3;1H. The number of carbonyl (C=O) groups is 1. The number of hydrogen-bond acceptors (Lipinski definition) is 3. The zero-order valence-corrected chi connectivity index (χ0v) is 14.6. The van der Waals surface area contributed by atoms with E-state index in [9.17, 15) is 4.79 Å². The van der Waals surface area contributed by atoms with Gasteiger partial charge in [0.2, 0.25) is 5.91 Å². The van der Waals surface area contributed by atoms with Crippen LogP contribution in [0, 0.1) is 0 Å². The molecule has 1 aliphatic rings. The predicted octanol–water partition coefficient (Wildman–Crippen LogP) is 2.98. The predicted molar refractivity (Wildman–Crippen MR) is 90.1 cm³/mol. The van der Waals surface area contributed by atoms with Gasteiger partial charge in [0.15, 0.2) is 0 Å². The zero-order valence-electron chi connectivity index (χ0n) is 12.2. The second kappa shape index (κ2) is 9.28. The summed E-state index contributed by atoms with van der Waals surface area (Å²) in [6, 6.07) is 6.00. The van der Waals surface area contributed by atoms with Gasteiger partial charge in [0.25, 0.3) is 0 Å². The Labute approximate surface area is 140 Å². The first-order valence-corrected chi connectivity index (χ1v) is 7.81. The van der Waals surface area contributed by atoms with Gasteiger partial charge in [-0.1, -0.05) is 15.9 Å². The maximum Gasteiger partial charge on any atom is 0.222 e. The molecule has 0 atom stereocenters.